The fourth-order valence-electron chi connectivity index (χ4n) is 2.77. The van der Waals surface area contributed by atoms with E-state index < -0.39 is 36.3 Å². The molecule has 2 N–H and O–H groups in total. The van der Waals surface area contributed by atoms with Crippen LogP contribution >= 0.6 is 0 Å². The molecule has 2 rings (SSSR count). The molecule has 2 aromatic carbocycles. The summed E-state index contributed by atoms with van der Waals surface area (Å²) in [6, 6.07) is 6.52. The zero-order valence-electron chi connectivity index (χ0n) is 15.2. The van der Waals surface area contributed by atoms with Gasteiger partial charge in [0.25, 0.3) is 0 Å². The zero-order chi connectivity index (χ0) is 21.6. The van der Waals surface area contributed by atoms with E-state index in [4.69, 9.17) is 5.11 Å². The number of likely N-dealkylation sites (N-methyl/N-ethyl adjacent to an activating group) is 1. The second kappa shape index (κ2) is 9.76. The lowest BCUT2D eigenvalue weighted by Gasteiger charge is -2.26. The molecule has 0 aliphatic rings. The van der Waals surface area contributed by atoms with E-state index >= 15 is 0 Å². The second-order valence-electron chi connectivity index (χ2n) is 5.94. The molecule has 0 radical (unpaired) electrons. The number of benzene rings is 2. The maximum atomic E-state index is 13.4. The third-order valence-electron chi connectivity index (χ3n) is 3.91. The number of carboxylic acid groups (broad SMARTS) is 1. The van der Waals surface area contributed by atoms with E-state index in [1.807, 2.05) is 5.32 Å². The number of alkyl halides is 2. The van der Waals surface area contributed by atoms with Crippen LogP contribution < -0.4 is 15.0 Å². The summed E-state index contributed by atoms with van der Waals surface area (Å²) < 4.78 is 55.6. The number of ether oxygens (including phenoxy) is 1. The van der Waals surface area contributed by atoms with Crippen molar-refractivity contribution >= 4 is 17.7 Å². The van der Waals surface area contributed by atoms with E-state index in [9.17, 15) is 27.2 Å². The highest BCUT2D eigenvalue weighted by Crippen LogP contribution is 2.22. The first kappa shape index (κ1) is 22.0. The van der Waals surface area contributed by atoms with Crippen molar-refractivity contribution in [2.75, 3.05) is 11.4 Å². The van der Waals surface area contributed by atoms with Crippen molar-refractivity contribution < 1.29 is 37.0 Å². The molecule has 0 heterocycles. The number of hydrogen-bond acceptors (Lipinski definition) is 3. The Kier molecular flexibility index (Phi) is 7.40. The van der Waals surface area contributed by atoms with E-state index in [2.05, 4.69) is 4.74 Å². The van der Waals surface area contributed by atoms with Crippen molar-refractivity contribution in [2.45, 2.75) is 26.0 Å². The Morgan fingerprint density at radius 2 is 1.69 bits per heavy atom. The summed E-state index contributed by atoms with van der Waals surface area (Å²) in [4.78, 5) is 25.2. The SMILES string of the molecule is CCN(C(=O)C(Cc1cc(F)cc(F)c1)NC(=O)O)c1ccc(OC(F)F)cc1. The number of amides is 2. The Balaban J connectivity index is 2.26. The van der Waals surface area contributed by atoms with Crippen molar-refractivity contribution in [3.8, 4) is 5.75 Å². The molecule has 0 aromatic heterocycles. The highest BCUT2D eigenvalue weighted by molar-refractivity contribution is 5.98. The summed E-state index contributed by atoms with van der Waals surface area (Å²) in [6.45, 7) is -1.25. The summed E-state index contributed by atoms with van der Waals surface area (Å²) in [5.41, 5.74) is 0.396. The van der Waals surface area contributed by atoms with Crippen LogP contribution in [0.25, 0.3) is 0 Å². The van der Waals surface area contributed by atoms with Crippen molar-refractivity contribution in [3.63, 3.8) is 0 Å². The van der Waals surface area contributed by atoms with Crippen LogP contribution in [-0.4, -0.2) is 36.3 Å². The van der Waals surface area contributed by atoms with Gasteiger partial charge in [-0.3, -0.25) is 4.79 Å². The highest BCUT2D eigenvalue weighted by Gasteiger charge is 2.27. The van der Waals surface area contributed by atoms with Gasteiger partial charge in [-0.1, -0.05) is 0 Å². The quantitative estimate of drug-likeness (QED) is 0.644. The summed E-state index contributed by atoms with van der Waals surface area (Å²) in [5.74, 6) is -2.50. The lowest BCUT2D eigenvalue weighted by Crippen LogP contribution is -2.49. The fourth-order valence-corrected chi connectivity index (χ4v) is 2.77. The monoisotopic (exact) mass is 414 g/mol. The van der Waals surface area contributed by atoms with E-state index in [0.29, 0.717) is 11.8 Å². The van der Waals surface area contributed by atoms with Gasteiger partial charge in [-0.2, -0.15) is 8.78 Å². The van der Waals surface area contributed by atoms with Gasteiger partial charge in [0.1, 0.15) is 23.4 Å². The van der Waals surface area contributed by atoms with E-state index in [0.717, 1.165) is 12.1 Å². The van der Waals surface area contributed by atoms with Crippen LogP contribution in [0.4, 0.5) is 28.0 Å². The molecule has 2 aromatic rings. The Morgan fingerprint density at radius 1 is 1.10 bits per heavy atom. The molecule has 29 heavy (non-hydrogen) atoms. The van der Waals surface area contributed by atoms with Gasteiger partial charge in [-0.05, 0) is 48.9 Å². The first-order valence-electron chi connectivity index (χ1n) is 8.50. The average Bonchev–Trinajstić information content (AvgIpc) is 2.61. The topological polar surface area (TPSA) is 78.9 Å². The molecule has 0 spiro atoms. The van der Waals surface area contributed by atoms with E-state index in [-0.39, 0.29) is 24.3 Å². The van der Waals surface area contributed by atoms with Crippen LogP contribution in [0, 0.1) is 11.6 Å². The first-order chi connectivity index (χ1) is 13.7. The van der Waals surface area contributed by atoms with Crippen molar-refractivity contribution in [2.24, 2.45) is 0 Å². The van der Waals surface area contributed by atoms with Crippen LogP contribution in [0.2, 0.25) is 0 Å². The summed E-state index contributed by atoms with van der Waals surface area (Å²) in [5, 5.41) is 11.1. The summed E-state index contributed by atoms with van der Waals surface area (Å²) in [7, 11) is 0. The smallest absolute Gasteiger partial charge is 0.405 e. The van der Waals surface area contributed by atoms with Crippen molar-refractivity contribution in [1.29, 1.82) is 0 Å². The number of nitrogens with one attached hydrogen (secondary N) is 1. The molecule has 0 bridgehead atoms. The first-order valence-corrected chi connectivity index (χ1v) is 8.50. The molecule has 0 saturated heterocycles. The maximum absolute atomic E-state index is 13.4. The van der Waals surface area contributed by atoms with Crippen molar-refractivity contribution in [3.05, 3.63) is 59.7 Å². The van der Waals surface area contributed by atoms with Gasteiger partial charge >= 0.3 is 12.7 Å². The molecule has 0 fully saturated rings. The van der Waals surface area contributed by atoms with Gasteiger partial charge in [0.2, 0.25) is 5.91 Å². The number of hydrogen-bond donors (Lipinski definition) is 2. The van der Waals surface area contributed by atoms with Gasteiger partial charge < -0.3 is 20.1 Å². The average molecular weight is 414 g/mol. The predicted octanol–water partition coefficient (Wildman–Crippen LogP) is 3.80. The number of halogens is 4. The fraction of sp³-hybridized carbons (Fsp3) is 0.263. The zero-order valence-corrected chi connectivity index (χ0v) is 15.2. The van der Waals surface area contributed by atoms with Crippen molar-refractivity contribution in [1.82, 2.24) is 5.32 Å². The number of carbonyl (C=O) groups excluding carboxylic acids is 1. The Hall–Kier alpha value is -3.30. The van der Waals surface area contributed by atoms with Crippen LogP contribution in [0.15, 0.2) is 42.5 Å². The molecule has 1 unspecified atom stereocenters. The van der Waals surface area contributed by atoms with E-state index in [1.165, 1.54) is 29.2 Å². The normalized spacial score (nSPS) is 11.8. The predicted molar refractivity (Wildman–Crippen MR) is 96.1 cm³/mol. The minimum atomic E-state index is -3.00. The van der Waals surface area contributed by atoms with Crippen LogP contribution in [0.3, 0.4) is 0 Å². The maximum Gasteiger partial charge on any atom is 0.405 e. The van der Waals surface area contributed by atoms with Gasteiger partial charge in [-0.15, -0.1) is 0 Å². The van der Waals surface area contributed by atoms with Crippen LogP contribution in [0.5, 0.6) is 5.75 Å². The van der Waals surface area contributed by atoms with Gasteiger partial charge in [0, 0.05) is 24.7 Å². The molecule has 156 valence electrons. The molecule has 2 amide bonds. The summed E-state index contributed by atoms with van der Waals surface area (Å²) in [6.07, 6.45) is -1.78. The van der Waals surface area contributed by atoms with Gasteiger partial charge in [0.05, 0.1) is 0 Å². The van der Waals surface area contributed by atoms with Crippen LogP contribution in [0.1, 0.15) is 12.5 Å². The lowest BCUT2D eigenvalue weighted by atomic mass is 10.0. The van der Waals surface area contributed by atoms with E-state index in [1.54, 1.807) is 6.92 Å². The molecular formula is C19H18F4N2O4. The van der Waals surface area contributed by atoms with Gasteiger partial charge in [0.15, 0.2) is 0 Å². The molecule has 0 aliphatic heterocycles. The number of rotatable bonds is 8. The Bertz CT molecular complexity index is 842. The van der Waals surface area contributed by atoms with Gasteiger partial charge in [-0.25, -0.2) is 13.6 Å². The second-order valence-corrected chi connectivity index (χ2v) is 5.94. The number of anilines is 1. The Labute approximate surface area is 163 Å². The number of carbonyl (C=O) groups is 2. The standard InChI is InChI=1S/C19H18F4N2O4/c1-2-25(14-3-5-15(6-4-14)29-18(22)23)17(26)16(24-19(27)28)9-11-7-12(20)10-13(21)8-11/h3-8,10,16,18,24H,2,9H2,1H3,(H,27,28). The molecule has 6 nitrogen and oxygen atoms in total. The lowest BCUT2D eigenvalue weighted by molar-refractivity contribution is -0.120. The summed E-state index contributed by atoms with van der Waals surface area (Å²) >= 11 is 0. The molecule has 0 aliphatic carbocycles. The number of nitrogens with zero attached hydrogens (tertiary/aromatic N) is 1. The third kappa shape index (κ3) is 6.37. The molecule has 1 atom stereocenters. The minimum absolute atomic E-state index is 0.0892. The largest absolute Gasteiger partial charge is 0.465 e. The molecule has 10 heteroatoms. The Morgan fingerprint density at radius 3 is 2.17 bits per heavy atom. The highest BCUT2D eigenvalue weighted by atomic mass is 19.3. The van der Waals surface area contributed by atoms with Crippen LogP contribution in [-0.2, 0) is 11.2 Å². The molecule has 0 saturated carbocycles. The third-order valence-corrected chi connectivity index (χ3v) is 3.91. The molecular weight excluding hydrogens is 396 g/mol. The minimum Gasteiger partial charge on any atom is -0.465 e.